The minimum Gasteiger partial charge on any atom is -0.320 e. The number of rotatable bonds is 0. The summed E-state index contributed by atoms with van der Waals surface area (Å²) in [4.78, 5) is 2.75. The number of hydrogen-bond donors (Lipinski definition) is 0. The maximum atomic E-state index is 5.83. The first-order valence-corrected chi connectivity index (χ1v) is 0.671. The van der Waals surface area contributed by atoms with Gasteiger partial charge >= 0.3 is 0 Å². The molecule has 0 radical (unpaired) electrons. The predicted molar refractivity (Wildman–Crippen MR) is 22.9 cm³/mol. The van der Waals surface area contributed by atoms with Crippen molar-refractivity contribution in [1.29, 1.82) is 0 Å². The molecule has 2 heteroatoms. The van der Waals surface area contributed by atoms with Gasteiger partial charge in [0.15, 0.2) is 0 Å². The second-order valence-corrected chi connectivity index (χ2v) is 0.224. The molecule has 0 rings (SSSR count). The maximum absolute atomic E-state index is 5.83. The van der Waals surface area contributed by atoms with Crippen LogP contribution in [0.5, 0.6) is 0 Å². The second kappa shape index (κ2) is 13.6. The van der Waals surface area contributed by atoms with Gasteiger partial charge in [-0.2, -0.15) is 13.5 Å². The molecule has 0 saturated heterocycles. The molecule has 0 aromatic rings. The van der Waals surface area contributed by atoms with E-state index in [0.29, 0.717) is 0 Å². The molecular formula is C2H5NS. The van der Waals surface area contributed by atoms with Gasteiger partial charge in [-0.3, -0.25) is 0 Å². The van der Waals surface area contributed by atoms with E-state index in [2.05, 4.69) is 4.85 Å². The lowest BCUT2D eigenvalue weighted by Gasteiger charge is -1.30. The third-order valence-electron chi connectivity index (χ3n) is 0. The molecule has 1 nitrogen and oxygen atoms in total. The average molecular weight is 75.1 g/mol. The highest BCUT2D eigenvalue weighted by Crippen LogP contribution is 1.26. The molecule has 0 spiro atoms. The quantitative estimate of drug-likeness (QED) is 0.372. The first-order chi connectivity index (χ1) is 1.41. The zero-order valence-corrected chi connectivity index (χ0v) is 3.45. The first kappa shape index (κ1) is 9.15. The molecule has 0 heterocycles. The Labute approximate surface area is 32.9 Å². The third-order valence-corrected chi connectivity index (χ3v) is 0. The highest BCUT2D eigenvalue weighted by atomic mass is 32.1. The van der Waals surface area contributed by atoms with Crippen molar-refractivity contribution in [1.82, 2.24) is 0 Å². The van der Waals surface area contributed by atoms with Gasteiger partial charge in [0.05, 0.1) is 0 Å². The highest BCUT2D eigenvalue weighted by molar-refractivity contribution is 7.59. The normalized spacial score (nSPS) is 2.00. The summed E-state index contributed by atoms with van der Waals surface area (Å²) in [6, 6.07) is 0. The van der Waals surface area contributed by atoms with Gasteiger partial charge in [-0.25, -0.2) is 6.57 Å². The Balaban J connectivity index is 0. The molecule has 0 bridgehead atoms. The van der Waals surface area contributed by atoms with Gasteiger partial charge < -0.3 is 4.85 Å². The molecule has 0 aliphatic rings. The van der Waals surface area contributed by atoms with Crippen molar-refractivity contribution >= 4 is 13.5 Å². The Kier molecular flexibility index (Phi) is 31.2. The van der Waals surface area contributed by atoms with E-state index in [1.54, 1.807) is 0 Å². The molecule has 0 aliphatic heterocycles. The third kappa shape index (κ3) is 50.7. The second-order valence-electron chi connectivity index (χ2n) is 0.224. The van der Waals surface area contributed by atoms with Crippen LogP contribution in [-0.4, -0.2) is 7.05 Å². The van der Waals surface area contributed by atoms with Crippen molar-refractivity contribution in [2.24, 2.45) is 0 Å². The molecule has 0 aromatic heterocycles. The van der Waals surface area contributed by atoms with E-state index in [9.17, 15) is 0 Å². The predicted octanol–water partition coefficient (Wildman–Crippen LogP) is 0.648. The largest absolute Gasteiger partial charge is 0.320 e. The Morgan fingerprint density at radius 2 is 1.75 bits per heavy atom. The van der Waals surface area contributed by atoms with Crippen molar-refractivity contribution in [3.8, 4) is 0 Å². The van der Waals surface area contributed by atoms with Crippen LogP contribution < -0.4 is 0 Å². The molecule has 0 N–H and O–H groups in total. The minimum atomic E-state index is 0. The van der Waals surface area contributed by atoms with Crippen LogP contribution in [-0.2, 0) is 0 Å². The zero-order valence-electron chi connectivity index (χ0n) is 2.45. The van der Waals surface area contributed by atoms with E-state index in [-0.39, 0.29) is 13.5 Å². The Morgan fingerprint density at radius 1 is 1.75 bits per heavy atom. The Bertz CT molecular complexity index is 27.5. The molecule has 0 aromatic carbocycles. The zero-order chi connectivity index (χ0) is 2.71. The number of nitrogens with zero attached hydrogens (tertiary/aromatic N) is 1. The van der Waals surface area contributed by atoms with Gasteiger partial charge in [0.1, 0.15) is 0 Å². The van der Waals surface area contributed by atoms with Crippen molar-refractivity contribution in [3.05, 3.63) is 11.4 Å². The summed E-state index contributed by atoms with van der Waals surface area (Å²) >= 11 is 0. The lowest BCUT2D eigenvalue weighted by molar-refractivity contribution is 1.92. The molecule has 0 saturated carbocycles. The van der Waals surface area contributed by atoms with Crippen LogP contribution >= 0.6 is 13.5 Å². The Hall–Kier alpha value is -0.160. The van der Waals surface area contributed by atoms with Crippen molar-refractivity contribution in [2.75, 3.05) is 7.05 Å². The van der Waals surface area contributed by atoms with Gasteiger partial charge in [0, 0.05) is 0 Å². The summed E-state index contributed by atoms with van der Waals surface area (Å²) in [5.41, 5.74) is 0. The van der Waals surface area contributed by atoms with Crippen LogP contribution in [0.1, 0.15) is 0 Å². The van der Waals surface area contributed by atoms with E-state index < -0.39 is 0 Å². The van der Waals surface area contributed by atoms with Crippen LogP contribution in [0.15, 0.2) is 0 Å². The van der Waals surface area contributed by atoms with Gasteiger partial charge in [-0.05, 0) is 0 Å². The lowest BCUT2D eigenvalue weighted by Crippen LogP contribution is -1.10. The van der Waals surface area contributed by atoms with Gasteiger partial charge in [0.2, 0.25) is 7.05 Å². The summed E-state index contributed by atoms with van der Waals surface area (Å²) in [7, 11) is 1.42. The minimum absolute atomic E-state index is 0. The summed E-state index contributed by atoms with van der Waals surface area (Å²) < 4.78 is 0. The topological polar surface area (TPSA) is 4.36 Å². The fraction of sp³-hybridized carbons (Fsp3) is 0.500. The fourth-order valence-corrected chi connectivity index (χ4v) is 0. The van der Waals surface area contributed by atoms with Gasteiger partial charge in [-0.1, -0.05) is 0 Å². The van der Waals surface area contributed by atoms with Crippen molar-refractivity contribution < 1.29 is 0 Å². The van der Waals surface area contributed by atoms with E-state index in [1.807, 2.05) is 0 Å². The molecule has 0 amide bonds. The number of hydrogen-bond acceptors (Lipinski definition) is 0. The molecule has 0 aliphatic carbocycles. The van der Waals surface area contributed by atoms with Crippen LogP contribution in [0, 0.1) is 6.57 Å². The van der Waals surface area contributed by atoms with Crippen LogP contribution in [0.3, 0.4) is 0 Å². The first-order valence-electron chi connectivity index (χ1n) is 0.671. The summed E-state index contributed by atoms with van der Waals surface area (Å²) in [5, 5.41) is 0. The summed E-state index contributed by atoms with van der Waals surface area (Å²) in [5.74, 6) is 0. The maximum Gasteiger partial charge on any atom is 0.205 e. The molecule has 4 heavy (non-hydrogen) atoms. The van der Waals surface area contributed by atoms with Crippen LogP contribution in [0.25, 0.3) is 4.85 Å². The summed E-state index contributed by atoms with van der Waals surface area (Å²) in [6.45, 7) is 5.83. The van der Waals surface area contributed by atoms with Gasteiger partial charge in [-0.15, -0.1) is 0 Å². The lowest BCUT2D eigenvalue weighted by atomic mass is 11.5. The Morgan fingerprint density at radius 3 is 1.75 bits per heavy atom. The average Bonchev–Trinajstić information content (AvgIpc) is 0.918. The standard InChI is InChI=1S/C2H3N.H2S/c1-3-2;/h1H3;1H2. The molecular weight excluding hydrogens is 70.1 g/mol. The van der Waals surface area contributed by atoms with Crippen LogP contribution in [0.4, 0.5) is 0 Å². The van der Waals surface area contributed by atoms with Crippen LogP contribution in [0.2, 0.25) is 0 Å². The van der Waals surface area contributed by atoms with E-state index in [0.717, 1.165) is 0 Å². The van der Waals surface area contributed by atoms with Gasteiger partial charge in [0.25, 0.3) is 0 Å². The molecule has 24 valence electrons. The fourth-order valence-electron chi connectivity index (χ4n) is 0. The van der Waals surface area contributed by atoms with E-state index in [1.165, 1.54) is 7.05 Å². The molecule has 0 unspecified atom stereocenters. The monoisotopic (exact) mass is 75.0 g/mol. The highest BCUT2D eigenvalue weighted by Gasteiger charge is 1.08. The van der Waals surface area contributed by atoms with E-state index >= 15 is 0 Å². The SMILES string of the molecule is S.[C-]#[N+]C. The molecule has 0 fully saturated rings. The van der Waals surface area contributed by atoms with E-state index in [4.69, 9.17) is 6.57 Å². The van der Waals surface area contributed by atoms with Crippen molar-refractivity contribution in [2.45, 2.75) is 0 Å². The van der Waals surface area contributed by atoms with Crippen molar-refractivity contribution in [3.63, 3.8) is 0 Å². The molecule has 0 atom stereocenters. The smallest absolute Gasteiger partial charge is 0.205 e. The summed E-state index contributed by atoms with van der Waals surface area (Å²) in [6.07, 6.45) is 0.